The highest BCUT2D eigenvalue weighted by atomic mass is 32.1. The molecule has 0 unspecified atom stereocenters. The first-order chi connectivity index (χ1) is 12.5. The zero-order valence-electron chi connectivity index (χ0n) is 15.5. The Morgan fingerprint density at radius 2 is 1.85 bits per heavy atom. The van der Waals surface area contributed by atoms with Gasteiger partial charge in [-0.2, -0.15) is 0 Å². The number of benzene rings is 1. The van der Waals surface area contributed by atoms with Crippen LogP contribution in [0.15, 0.2) is 39.9 Å². The highest BCUT2D eigenvalue weighted by Crippen LogP contribution is 2.20. The molecule has 0 radical (unpaired) electrons. The van der Waals surface area contributed by atoms with E-state index < -0.39 is 0 Å². The Morgan fingerprint density at radius 3 is 2.50 bits per heavy atom. The predicted octanol–water partition coefficient (Wildman–Crippen LogP) is 3.59. The molecule has 136 valence electrons. The number of rotatable bonds is 5. The summed E-state index contributed by atoms with van der Waals surface area (Å²) in [5, 5.41) is 7.51. The topological polar surface area (TPSA) is 75.3 Å². The number of aromatic nitrogens is 2. The Hall–Kier alpha value is -2.67. The van der Waals surface area contributed by atoms with Crippen LogP contribution in [0.25, 0.3) is 11.3 Å². The second-order valence-electron chi connectivity index (χ2n) is 6.01. The van der Waals surface area contributed by atoms with Gasteiger partial charge in [-0.15, -0.1) is 11.3 Å². The summed E-state index contributed by atoms with van der Waals surface area (Å²) in [4.78, 5) is 14.3. The Bertz CT molecular complexity index is 876. The van der Waals surface area contributed by atoms with E-state index in [9.17, 15) is 0 Å². The third-order valence-corrected chi connectivity index (χ3v) is 5.07. The minimum atomic E-state index is 0.460. The third-order valence-electron chi connectivity index (χ3n) is 4.00. The highest BCUT2D eigenvalue weighted by molar-refractivity contribution is 7.11. The largest absolute Gasteiger partial charge is 0.439 e. The van der Waals surface area contributed by atoms with Gasteiger partial charge >= 0.3 is 0 Å². The number of nitrogens with zero attached hydrogens (tertiary/aromatic N) is 3. The lowest BCUT2D eigenvalue weighted by atomic mass is 10.1. The number of hydrogen-bond acceptors (Lipinski definition) is 5. The van der Waals surface area contributed by atoms with Gasteiger partial charge in [-0.3, -0.25) is 4.99 Å². The van der Waals surface area contributed by atoms with Crippen LogP contribution in [0.1, 0.15) is 27.0 Å². The monoisotopic (exact) mass is 369 g/mol. The maximum absolute atomic E-state index is 5.82. The van der Waals surface area contributed by atoms with Gasteiger partial charge in [0.05, 0.1) is 25.0 Å². The standard InChI is InChI=1S/C19H23N5OS/c1-12-5-7-15(8-6-12)16-9-21-17(25-16)10-22-19(20-4)23-11-18-24-13(2)14(3)26-18/h5-9H,10-11H2,1-4H3,(H2,20,22,23). The molecule has 6 nitrogen and oxygen atoms in total. The van der Waals surface area contributed by atoms with E-state index in [-0.39, 0.29) is 0 Å². The van der Waals surface area contributed by atoms with Crippen LogP contribution in [0.4, 0.5) is 0 Å². The summed E-state index contributed by atoms with van der Waals surface area (Å²) in [7, 11) is 1.74. The van der Waals surface area contributed by atoms with E-state index in [1.165, 1.54) is 10.4 Å². The van der Waals surface area contributed by atoms with E-state index in [2.05, 4.69) is 51.6 Å². The van der Waals surface area contributed by atoms with E-state index in [0.717, 1.165) is 22.0 Å². The molecule has 2 N–H and O–H groups in total. The molecule has 3 rings (SSSR count). The molecular formula is C19H23N5OS. The molecule has 0 fully saturated rings. The van der Waals surface area contributed by atoms with E-state index >= 15 is 0 Å². The van der Waals surface area contributed by atoms with Crippen molar-refractivity contribution in [1.29, 1.82) is 0 Å². The number of aryl methyl sites for hydroxylation is 3. The van der Waals surface area contributed by atoms with Gasteiger partial charge in [-0.25, -0.2) is 9.97 Å². The van der Waals surface area contributed by atoms with Gasteiger partial charge < -0.3 is 15.1 Å². The van der Waals surface area contributed by atoms with Gasteiger partial charge in [0.25, 0.3) is 0 Å². The molecule has 0 bridgehead atoms. The molecular weight excluding hydrogens is 346 g/mol. The van der Waals surface area contributed by atoms with Crippen LogP contribution < -0.4 is 10.6 Å². The normalized spacial score (nSPS) is 11.6. The Morgan fingerprint density at radius 1 is 1.12 bits per heavy atom. The molecule has 1 aromatic carbocycles. The molecule has 0 spiro atoms. The van der Waals surface area contributed by atoms with Gasteiger partial charge in [-0.05, 0) is 20.8 Å². The van der Waals surface area contributed by atoms with E-state index in [0.29, 0.717) is 24.9 Å². The first-order valence-electron chi connectivity index (χ1n) is 8.44. The molecule has 7 heteroatoms. The summed E-state index contributed by atoms with van der Waals surface area (Å²) in [6.45, 7) is 7.27. The smallest absolute Gasteiger partial charge is 0.214 e. The minimum Gasteiger partial charge on any atom is -0.439 e. The molecule has 26 heavy (non-hydrogen) atoms. The van der Waals surface area contributed by atoms with E-state index in [4.69, 9.17) is 4.42 Å². The van der Waals surface area contributed by atoms with Crippen molar-refractivity contribution in [2.24, 2.45) is 4.99 Å². The van der Waals surface area contributed by atoms with Crippen LogP contribution >= 0.6 is 11.3 Å². The number of thiazole rings is 1. The van der Waals surface area contributed by atoms with Gasteiger partial charge in [0, 0.05) is 17.5 Å². The summed E-state index contributed by atoms with van der Waals surface area (Å²) in [5.74, 6) is 2.06. The SMILES string of the molecule is CN=C(NCc1ncc(-c2ccc(C)cc2)o1)NCc1nc(C)c(C)s1. The lowest BCUT2D eigenvalue weighted by Gasteiger charge is -2.09. The summed E-state index contributed by atoms with van der Waals surface area (Å²) in [6, 6.07) is 8.18. The van der Waals surface area contributed by atoms with Gasteiger partial charge in [0.15, 0.2) is 11.7 Å². The van der Waals surface area contributed by atoms with Gasteiger partial charge in [-0.1, -0.05) is 29.8 Å². The number of nitrogens with one attached hydrogen (secondary N) is 2. The van der Waals surface area contributed by atoms with Crippen LogP contribution in [-0.2, 0) is 13.1 Å². The highest BCUT2D eigenvalue weighted by Gasteiger charge is 2.08. The van der Waals surface area contributed by atoms with Crippen molar-refractivity contribution in [2.75, 3.05) is 7.05 Å². The van der Waals surface area contributed by atoms with Gasteiger partial charge in [0.2, 0.25) is 5.89 Å². The number of guanidine groups is 1. The van der Waals surface area contributed by atoms with Crippen molar-refractivity contribution in [2.45, 2.75) is 33.9 Å². The fraction of sp³-hybridized carbons (Fsp3) is 0.316. The average molecular weight is 369 g/mol. The molecule has 2 aromatic heterocycles. The summed E-state index contributed by atoms with van der Waals surface area (Å²) in [6.07, 6.45) is 1.75. The number of oxazole rings is 1. The van der Waals surface area contributed by atoms with Crippen molar-refractivity contribution in [1.82, 2.24) is 20.6 Å². The van der Waals surface area contributed by atoms with E-state index in [1.54, 1.807) is 24.6 Å². The third kappa shape index (κ3) is 4.49. The molecule has 0 saturated carbocycles. The van der Waals surface area contributed by atoms with Crippen LogP contribution in [0.5, 0.6) is 0 Å². The lowest BCUT2D eigenvalue weighted by Crippen LogP contribution is -2.36. The summed E-state index contributed by atoms with van der Waals surface area (Å²) < 4.78 is 5.82. The van der Waals surface area contributed by atoms with Crippen LogP contribution in [0.2, 0.25) is 0 Å². The lowest BCUT2D eigenvalue weighted by molar-refractivity contribution is 0.497. The van der Waals surface area contributed by atoms with Crippen molar-refractivity contribution >= 4 is 17.3 Å². The van der Waals surface area contributed by atoms with Crippen molar-refractivity contribution in [3.05, 3.63) is 57.5 Å². The molecule has 0 aliphatic rings. The quantitative estimate of drug-likeness (QED) is 0.531. The van der Waals surface area contributed by atoms with E-state index in [1.807, 2.05) is 19.1 Å². The second kappa shape index (κ2) is 8.14. The fourth-order valence-corrected chi connectivity index (χ4v) is 3.27. The maximum Gasteiger partial charge on any atom is 0.214 e. The van der Waals surface area contributed by atoms with Crippen molar-refractivity contribution < 1.29 is 4.42 Å². The first kappa shape index (κ1) is 18.1. The minimum absolute atomic E-state index is 0.460. The van der Waals surface area contributed by atoms with Crippen LogP contribution in [0, 0.1) is 20.8 Å². The Kier molecular flexibility index (Phi) is 5.68. The molecule has 3 aromatic rings. The Balaban J connectivity index is 1.54. The molecule has 0 saturated heterocycles. The van der Waals surface area contributed by atoms with Crippen LogP contribution in [-0.4, -0.2) is 23.0 Å². The molecule has 2 heterocycles. The van der Waals surface area contributed by atoms with Crippen molar-refractivity contribution in [3.8, 4) is 11.3 Å². The fourth-order valence-electron chi connectivity index (χ4n) is 2.40. The number of aliphatic imine (C=N–C) groups is 1. The summed E-state index contributed by atoms with van der Waals surface area (Å²) in [5.41, 5.74) is 3.32. The Labute approximate surface area is 157 Å². The molecule has 0 atom stereocenters. The zero-order chi connectivity index (χ0) is 18.5. The average Bonchev–Trinajstić information content (AvgIpc) is 3.23. The summed E-state index contributed by atoms with van der Waals surface area (Å²) >= 11 is 1.70. The zero-order valence-corrected chi connectivity index (χ0v) is 16.3. The van der Waals surface area contributed by atoms with Crippen molar-refractivity contribution in [3.63, 3.8) is 0 Å². The van der Waals surface area contributed by atoms with Gasteiger partial charge in [0.1, 0.15) is 5.01 Å². The maximum atomic E-state index is 5.82. The molecule has 0 aliphatic carbocycles. The molecule has 0 aliphatic heterocycles. The first-order valence-corrected chi connectivity index (χ1v) is 9.26. The predicted molar refractivity (Wildman–Crippen MR) is 105 cm³/mol. The second-order valence-corrected chi connectivity index (χ2v) is 7.30. The number of hydrogen-bond donors (Lipinski definition) is 2. The molecule has 0 amide bonds. The van der Waals surface area contributed by atoms with Crippen LogP contribution in [0.3, 0.4) is 0 Å².